The van der Waals surface area contributed by atoms with E-state index in [0.29, 0.717) is 12.0 Å². The third-order valence-corrected chi connectivity index (χ3v) is 4.55. The molecule has 0 aliphatic carbocycles. The maximum absolute atomic E-state index is 3.32. The third kappa shape index (κ3) is 2.21. The Morgan fingerprint density at radius 1 is 1.33 bits per heavy atom. The van der Waals surface area contributed by atoms with Crippen LogP contribution in [0.5, 0.6) is 0 Å². The van der Waals surface area contributed by atoms with Crippen molar-refractivity contribution in [1.29, 1.82) is 0 Å². The second-order valence-electron chi connectivity index (χ2n) is 4.33. The summed E-state index contributed by atoms with van der Waals surface area (Å²) in [5.74, 6) is 1.84. The van der Waals surface area contributed by atoms with Gasteiger partial charge in [-0.05, 0) is 43.5 Å². The van der Waals surface area contributed by atoms with Gasteiger partial charge in [0.25, 0.3) is 0 Å². The molecule has 0 fully saturated rings. The van der Waals surface area contributed by atoms with Crippen molar-refractivity contribution in [2.45, 2.75) is 37.1 Å². The van der Waals surface area contributed by atoms with E-state index in [0.717, 1.165) is 0 Å². The van der Waals surface area contributed by atoms with Gasteiger partial charge in [0.05, 0.1) is 0 Å². The first-order valence-corrected chi connectivity index (χ1v) is 6.64. The van der Waals surface area contributed by atoms with Gasteiger partial charge in [-0.3, -0.25) is 0 Å². The highest BCUT2D eigenvalue weighted by atomic mass is 32.2. The van der Waals surface area contributed by atoms with Gasteiger partial charge in [-0.2, -0.15) is 0 Å². The third-order valence-electron chi connectivity index (χ3n) is 3.45. The maximum atomic E-state index is 3.32. The maximum Gasteiger partial charge on any atom is 0.0107 e. The predicted octanol–water partition coefficient (Wildman–Crippen LogP) is 3.05. The number of thioether (sulfide) groups is 1. The average molecular weight is 221 g/mol. The molecule has 0 bridgehead atoms. The standard InChI is InChI=1S/C13H19NS/c1-9(10(2)14-3)12-5-4-11-6-7-15-13(11)8-12/h4-5,8-10,14H,6-7H2,1-3H3. The minimum Gasteiger partial charge on any atom is -0.317 e. The van der Waals surface area contributed by atoms with Gasteiger partial charge in [0.15, 0.2) is 0 Å². The normalized spacial score (nSPS) is 18.6. The second-order valence-corrected chi connectivity index (χ2v) is 5.47. The number of hydrogen-bond acceptors (Lipinski definition) is 2. The summed E-state index contributed by atoms with van der Waals surface area (Å²) in [7, 11) is 2.03. The number of nitrogens with one attached hydrogen (secondary N) is 1. The monoisotopic (exact) mass is 221 g/mol. The van der Waals surface area contributed by atoms with Crippen molar-refractivity contribution in [3.05, 3.63) is 29.3 Å². The van der Waals surface area contributed by atoms with Crippen molar-refractivity contribution in [1.82, 2.24) is 5.32 Å². The summed E-state index contributed by atoms with van der Waals surface area (Å²) in [5, 5.41) is 3.32. The van der Waals surface area contributed by atoms with Crippen LogP contribution >= 0.6 is 11.8 Å². The summed E-state index contributed by atoms with van der Waals surface area (Å²) in [6, 6.07) is 7.52. The molecule has 2 rings (SSSR count). The number of rotatable bonds is 3. The number of hydrogen-bond donors (Lipinski definition) is 1. The van der Waals surface area contributed by atoms with E-state index in [9.17, 15) is 0 Å². The number of aryl methyl sites for hydroxylation is 1. The minimum atomic E-state index is 0.537. The van der Waals surface area contributed by atoms with Crippen molar-refractivity contribution in [2.24, 2.45) is 0 Å². The molecule has 0 saturated carbocycles. The minimum absolute atomic E-state index is 0.537. The lowest BCUT2D eigenvalue weighted by Gasteiger charge is -2.20. The van der Waals surface area contributed by atoms with Crippen LogP contribution < -0.4 is 5.32 Å². The molecule has 2 atom stereocenters. The molecule has 82 valence electrons. The topological polar surface area (TPSA) is 12.0 Å². The van der Waals surface area contributed by atoms with E-state index >= 15 is 0 Å². The molecule has 0 aromatic heterocycles. The molecule has 0 saturated heterocycles. The lowest BCUT2D eigenvalue weighted by Crippen LogP contribution is -2.27. The molecule has 2 heteroatoms. The first-order valence-electron chi connectivity index (χ1n) is 5.65. The lowest BCUT2D eigenvalue weighted by atomic mass is 9.93. The first-order chi connectivity index (χ1) is 7.22. The number of likely N-dealkylation sites (N-methyl/N-ethyl adjacent to an activating group) is 1. The fourth-order valence-electron chi connectivity index (χ4n) is 2.00. The molecule has 1 aromatic rings. The van der Waals surface area contributed by atoms with Crippen LogP contribution in [0.15, 0.2) is 23.1 Å². The average Bonchev–Trinajstić information content (AvgIpc) is 2.73. The summed E-state index contributed by atoms with van der Waals surface area (Å²) >= 11 is 2.00. The summed E-state index contributed by atoms with van der Waals surface area (Å²) < 4.78 is 0. The molecular weight excluding hydrogens is 202 g/mol. The Labute approximate surface area is 96.7 Å². The Hall–Kier alpha value is -0.470. The smallest absolute Gasteiger partial charge is 0.0107 e. The zero-order valence-electron chi connectivity index (χ0n) is 9.71. The van der Waals surface area contributed by atoms with Crippen LogP contribution in [0.3, 0.4) is 0 Å². The summed E-state index contributed by atoms with van der Waals surface area (Å²) in [4.78, 5) is 1.50. The van der Waals surface area contributed by atoms with Gasteiger partial charge in [0.1, 0.15) is 0 Å². The van der Waals surface area contributed by atoms with Gasteiger partial charge < -0.3 is 5.32 Å². The zero-order chi connectivity index (χ0) is 10.8. The Kier molecular flexibility index (Phi) is 3.37. The van der Waals surface area contributed by atoms with Gasteiger partial charge in [-0.25, -0.2) is 0 Å². The molecule has 0 spiro atoms. The molecular formula is C13H19NS. The van der Waals surface area contributed by atoms with Crippen LogP contribution in [0.4, 0.5) is 0 Å². The zero-order valence-corrected chi connectivity index (χ0v) is 10.5. The van der Waals surface area contributed by atoms with Crippen LogP contribution in [0, 0.1) is 0 Å². The molecule has 0 amide bonds. The van der Waals surface area contributed by atoms with Crippen LogP contribution in [0.1, 0.15) is 30.9 Å². The largest absolute Gasteiger partial charge is 0.317 e. The highest BCUT2D eigenvalue weighted by molar-refractivity contribution is 7.99. The Morgan fingerprint density at radius 3 is 2.87 bits per heavy atom. The SMILES string of the molecule is CNC(C)C(C)c1ccc2c(c1)SCC2. The van der Waals surface area contributed by atoms with Crippen molar-refractivity contribution in [2.75, 3.05) is 12.8 Å². The molecule has 1 aliphatic heterocycles. The Bertz CT molecular complexity index is 348. The highest BCUT2D eigenvalue weighted by Crippen LogP contribution is 2.34. The van der Waals surface area contributed by atoms with E-state index in [4.69, 9.17) is 0 Å². The van der Waals surface area contributed by atoms with Crippen LogP contribution in [-0.2, 0) is 6.42 Å². The quantitative estimate of drug-likeness (QED) is 0.842. The van der Waals surface area contributed by atoms with Crippen molar-refractivity contribution in [3.63, 3.8) is 0 Å². The fraction of sp³-hybridized carbons (Fsp3) is 0.538. The predicted molar refractivity (Wildman–Crippen MR) is 67.8 cm³/mol. The van der Waals surface area contributed by atoms with E-state index in [2.05, 4.69) is 37.4 Å². The van der Waals surface area contributed by atoms with Crippen molar-refractivity contribution >= 4 is 11.8 Å². The van der Waals surface area contributed by atoms with Gasteiger partial charge in [-0.15, -0.1) is 11.8 Å². The first kappa shape index (κ1) is 11.0. The number of benzene rings is 1. The molecule has 1 heterocycles. The summed E-state index contributed by atoms with van der Waals surface area (Å²) in [5.41, 5.74) is 3.00. The van der Waals surface area contributed by atoms with Crippen LogP contribution in [0.25, 0.3) is 0 Å². The second kappa shape index (κ2) is 4.58. The van der Waals surface area contributed by atoms with Gasteiger partial charge >= 0.3 is 0 Å². The molecule has 1 N–H and O–H groups in total. The van der Waals surface area contributed by atoms with E-state index < -0.39 is 0 Å². The summed E-state index contributed by atoms with van der Waals surface area (Å²) in [6.07, 6.45) is 1.25. The van der Waals surface area contributed by atoms with Gasteiger partial charge in [0.2, 0.25) is 0 Å². The van der Waals surface area contributed by atoms with Gasteiger partial charge in [0, 0.05) is 16.7 Å². The molecule has 1 aliphatic rings. The summed E-state index contributed by atoms with van der Waals surface area (Å²) in [6.45, 7) is 4.54. The van der Waals surface area contributed by atoms with Crippen LogP contribution in [-0.4, -0.2) is 18.8 Å². The van der Waals surface area contributed by atoms with E-state index in [1.165, 1.54) is 28.2 Å². The lowest BCUT2D eigenvalue weighted by molar-refractivity contribution is 0.523. The molecule has 15 heavy (non-hydrogen) atoms. The van der Waals surface area contributed by atoms with E-state index in [-0.39, 0.29) is 0 Å². The van der Waals surface area contributed by atoms with E-state index in [1.807, 2.05) is 18.8 Å². The Morgan fingerprint density at radius 2 is 2.13 bits per heavy atom. The van der Waals surface area contributed by atoms with Crippen molar-refractivity contribution < 1.29 is 0 Å². The van der Waals surface area contributed by atoms with Crippen molar-refractivity contribution in [3.8, 4) is 0 Å². The van der Waals surface area contributed by atoms with E-state index in [1.54, 1.807) is 0 Å². The molecule has 1 nitrogen and oxygen atoms in total. The van der Waals surface area contributed by atoms with Crippen LogP contribution in [0.2, 0.25) is 0 Å². The molecule has 2 unspecified atom stereocenters. The number of fused-ring (bicyclic) bond motifs is 1. The molecule has 0 radical (unpaired) electrons. The molecule has 1 aromatic carbocycles. The Balaban J connectivity index is 2.22. The highest BCUT2D eigenvalue weighted by Gasteiger charge is 2.16. The van der Waals surface area contributed by atoms with Gasteiger partial charge in [-0.1, -0.05) is 19.1 Å². The fourth-order valence-corrected chi connectivity index (χ4v) is 3.12.